The zero-order valence-electron chi connectivity index (χ0n) is 18.5. The number of sulfonamides is 1. The molecule has 0 aromatic heterocycles. The lowest BCUT2D eigenvalue weighted by atomic mass is 9.95. The van der Waals surface area contributed by atoms with Gasteiger partial charge in [-0.1, -0.05) is 54.6 Å². The number of hydrogen-bond donors (Lipinski definition) is 1. The van der Waals surface area contributed by atoms with E-state index in [9.17, 15) is 22.0 Å². The molecule has 3 aromatic carbocycles. The Morgan fingerprint density at radius 1 is 0.970 bits per heavy atom. The number of rotatable bonds is 9. The van der Waals surface area contributed by atoms with E-state index >= 15 is 0 Å². The van der Waals surface area contributed by atoms with Crippen LogP contribution < -0.4 is 9.62 Å². The molecule has 0 saturated carbocycles. The molecule has 0 aliphatic rings. The number of carbonyl (C=O) groups is 1. The van der Waals surface area contributed by atoms with Crippen LogP contribution in [0.25, 0.3) is 0 Å². The Morgan fingerprint density at radius 3 is 2.27 bits per heavy atom. The van der Waals surface area contributed by atoms with Crippen LogP contribution in [0.5, 0.6) is 0 Å². The highest BCUT2D eigenvalue weighted by atomic mass is 32.2. The second kappa shape index (κ2) is 10.6. The van der Waals surface area contributed by atoms with Gasteiger partial charge in [-0.3, -0.25) is 9.10 Å². The molecule has 3 rings (SSSR count). The Hall–Kier alpha value is -3.26. The van der Waals surface area contributed by atoms with Gasteiger partial charge in [0.05, 0.1) is 18.0 Å². The highest BCUT2D eigenvalue weighted by Gasteiger charge is 2.21. The SMILES string of the molecule is Cc1ccccc1[C@@H](NC(=O)CCCN(c1ccc(F)c(F)c1)S(C)(=O)=O)c1ccccc1. The molecule has 1 atom stereocenters. The topological polar surface area (TPSA) is 66.5 Å². The van der Waals surface area contributed by atoms with Crippen LogP contribution in [0.4, 0.5) is 14.5 Å². The van der Waals surface area contributed by atoms with E-state index in [0.29, 0.717) is 0 Å². The summed E-state index contributed by atoms with van der Waals surface area (Å²) in [5.41, 5.74) is 2.95. The van der Waals surface area contributed by atoms with Crippen LogP contribution in [-0.2, 0) is 14.8 Å². The third kappa shape index (κ3) is 6.38. The summed E-state index contributed by atoms with van der Waals surface area (Å²) in [5.74, 6) is -2.44. The number of nitrogens with one attached hydrogen (secondary N) is 1. The Kier molecular flexibility index (Phi) is 7.81. The fourth-order valence-corrected chi connectivity index (χ4v) is 4.60. The van der Waals surface area contributed by atoms with Crippen LogP contribution in [-0.4, -0.2) is 27.1 Å². The van der Waals surface area contributed by atoms with E-state index < -0.39 is 21.7 Å². The van der Waals surface area contributed by atoms with Crippen LogP contribution in [0.3, 0.4) is 0 Å². The molecule has 0 heterocycles. The van der Waals surface area contributed by atoms with Gasteiger partial charge in [-0.2, -0.15) is 0 Å². The van der Waals surface area contributed by atoms with Crippen molar-refractivity contribution in [1.29, 1.82) is 0 Å². The third-order valence-electron chi connectivity index (χ3n) is 5.29. The fourth-order valence-electron chi connectivity index (χ4n) is 3.64. The van der Waals surface area contributed by atoms with E-state index in [-0.39, 0.29) is 37.0 Å². The van der Waals surface area contributed by atoms with E-state index in [4.69, 9.17) is 0 Å². The first kappa shape index (κ1) is 24.4. The number of benzene rings is 3. The molecule has 0 unspecified atom stereocenters. The minimum atomic E-state index is -3.75. The molecular formula is C25H26F2N2O3S. The molecule has 1 N–H and O–H groups in total. The van der Waals surface area contributed by atoms with Gasteiger partial charge in [0.2, 0.25) is 15.9 Å². The molecule has 1 amide bonds. The summed E-state index contributed by atoms with van der Waals surface area (Å²) >= 11 is 0. The summed E-state index contributed by atoms with van der Waals surface area (Å²) in [4.78, 5) is 12.8. The summed E-state index contributed by atoms with van der Waals surface area (Å²) in [6.07, 6.45) is 1.25. The third-order valence-corrected chi connectivity index (χ3v) is 6.49. The molecule has 5 nitrogen and oxygen atoms in total. The number of halogens is 2. The first-order chi connectivity index (χ1) is 15.7. The maximum atomic E-state index is 13.6. The zero-order valence-corrected chi connectivity index (χ0v) is 19.3. The second-order valence-electron chi connectivity index (χ2n) is 7.80. The van der Waals surface area contributed by atoms with Crippen molar-refractivity contribution >= 4 is 21.6 Å². The molecule has 0 spiro atoms. The minimum absolute atomic E-state index is 0.0129. The van der Waals surface area contributed by atoms with Crippen LogP contribution in [0.2, 0.25) is 0 Å². The predicted octanol–water partition coefficient (Wildman–Crippen LogP) is 4.73. The monoisotopic (exact) mass is 472 g/mol. The summed E-state index contributed by atoms with van der Waals surface area (Å²) in [5, 5.41) is 3.04. The smallest absolute Gasteiger partial charge is 0.232 e. The second-order valence-corrected chi connectivity index (χ2v) is 9.71. The van der Waals surface area contributed by atoms with E-state index in [1.807, 2.05) is 61.5 Å². The van der Waals surface area contributed by atoms with Gasteiger partial charge >= 0.3 is 0 Å². The van der Waals surface area contributed by atoms with Crippen LogP contribution in [0.1, 0.15) is 35.6 Å². The molecule has 8 heteroatoms. The number of amides is 1. The van der Waals surface area contributed by atoms with Gasteiger partial charge in [0, 0.05) is 19.0 Å². The van der Waals surface area contributed by atoms with Crippen molar-refractivity contribution in [1.82, 2.24) is 5.32 Å². The standard InChI is InChI=1S/C25H26F2N2O3S/c1-18-9-6-7-12-21(18)25(19-10-4-3-5-11-19)28-24(30)13-8-16-29(33(2,31)32)20-14-15-22(26)23(27)17-20/h3-7,9-12,14-15,17,25H,8,13,16H2,1-2H3,(H,28,30)/t25-/m0/s1. The van der Waals surface area contributed by atoms with Gasteiger partial charge in [0.25, 0.3) is 0 Å². The lowest BCUT2D eigenvalue weighted by Crippen LogP contribution is -2.33. The van der Waals surface area contributed by atoms with Crippen molar-refractivity contribution in [3.63, 3.8) is 0 Å². The predicted molar refractivity (Wildman–Crippen MR) is 125 cm³/mol. The molecular weight excluding hydrogens is 446 g/mol. The van der Waals surface area contributed by atoms with Crippen molar-refractivity contribution in [3.8, 4) is 0 Å². The maximum Gasteiger partial charge on any atom is 0.232 e. The molecule has 174 valence electrons. The largest absolute Gasteiger partial charge is 0.345 e. The lowest BCUT2D eigenvalue weighted by molar-refractivity contribution is -0.121. The van der Waals surface area contributed by atoms with Gasteiger partial charge in [-0.15, -0.1) is 0 Å². The first-order valence-corrected chi connectivity index (χ1v) is 12.3. The molecule has 0 saturated heterocycles. The summed E-state index contributed by atoms with van der Waals surface area (Å²) in [6.45, 7) is 1.93. The van der Waals surface area contributed by atoms with Crippen LogP contribution in [0, 0.1) is 18.6 Å². The van der Waals surface area contributed by atoms with Gasteiger partial charge in [0.1, 0.15) is 0 Å². The Bertz CT molecular complexity index is 1220. The Labute approximate surface area is 193 Å². The average molecular weight is 473 g/mol. The van der Waals surface area contributed by atoms with E-state index in [1.165, 1.54) is 6.07 Å². The Balaban J connectivity index is 1.71. The number of aryl methyl sites for hydroxylation is 1. The molecule has 0 fully saturated rings. The molecule has 0 bridgehead atoms. The van der Waals surface area contributed by atoms with Gasteiger partial charge < -0.3 is 5.32 Å². The molecule has 0 aliphatic heterocycles. The summed E-state index contributed by atoms with van der Waals surface area (Å²) in [7, 11) is -3.75. The minimum Gasteiger partial charge on any atom is -0.345 e. The van der Waals surface area contributed by atoms with Gasteiger partial charge in [-0.25, -0.2) is 17.2 Å². The lowest BCUT2D eigenvalue weighted by Gasteiger charge is -2.24. The first-order valence-electron chi connectivity index (χ1n) is 10.5. The van der Waals surface area contributed by atoms with E-state index in [1.54, 1.807) is 0 Å². The fraction of sp³-hybridized carbons (Fsp3) is 0.240. The number of anilines is 1. The molecule has 0 radical (unpaired) electrons. The summed E-state index contributed by atoms with van der Waals surface area (Å²) < 4.78 is 52.2. The van der Waals surface area contributed by atoms with Crippen molar-refractivity contribution in [2.24, 2.45) is 0 Å². The van der Waals surface area contributed by atoms with E-state index in [2.05, 4.69) is 5.32 Å². The van der Waals surface area contributed by atoms with E-state index in [0.717, 1.165) is 39.4 Å². The Morgan fingerprint density at radius 2 is 1.64 bits per heavy atom. The number of carbonyl (C=O) groups excluding carboxylic acids is 1. The van der Waals surface area contributed by atoms with Gasteiger partial charge in [0.15, 0.2) is 11.6 Å². The van der Waals surface area contributed by atoms with Gasteiger partial charge in [-0.05, 0) is 42.2 Å². The number of nitrogens with zero attached hydrogens (tertiary/aromatic N) is 1. The quantitative estimate of drug-likeness (QED) is 0.490. The average Bonchev–Trinajstić information content (AvgIpc) is 2.77. The van der Waals surface area contributed by atoms with Crippen molar-refractivity contribution < 1.29 is 22.0 Å². The molecule has 0 aliphatic carbocycles. The highest BCUT2D eigenvalue weighted by Crippen LogP contribution is 2.25. The zero-order chi connectivity index (χ0) is 24.0. The highest BCUT2D eigenvalue weighted by molar-refractivity contribution is 7.92. The van der Waals surface area contributed by atoms with Crippen LogP contribution >= 0.6 is 0 Å². The van der Waals surface area contributed by atoms with Crippen molar-refractivity contribution in [2.45, 2.75) is 25.8 Å². The van der Waals surface area contributed by atoms with Crippen molar-refractivity contribution in [3.05, 3.63) is 101 Å². The summed E-state index contributed by atoms with van der Waals surface area (Å²) in [6, 6.07) is 19.9. The maximum absolute atomic E-state index is 13.6. The normalized spacial score (nSPS) is 12.2. The molecule has 3 aromatic rings. The molecule has 33 heavy (non-hydrogen) atoms. The van der Waals surface area contributed by atoms with Crippen LogP contribution in [0.15, 0.2) is 72.8 Å². The van der Waals surface area contributed by atoms with Crippen molar-refractivity contribution in [2.75, 3.05) is 17.1 Å². The number of hydrogen-bond acceptors (Lipinski definition) is 3.